The number of sulfonamides is 1. The minimum absolute atomic E-state index is 0. The number of halogens is 1. The minimum atomic E-state index is -3.54. The first-order valence-electron chi connectivity index (χ1n) is 7.43. The van der Waals surface area contributed by atoms with Gasteiger partial charge in [0.05, 0.1) is 15.8 Å². The van der Waals surface area contributed by atoms with E-state index in [1.807, 2.05) is 60.6 Å². The van der Waals surface area contributed by atoms with Crippen LogP contribution in [0.15, 0.2) is 24.3 Å². The Morgan fingerprint density at radius 2 is 1.83 bits per heavy atom. The molecule has 1 aromatic carbocycles. The summed E-state index contributed by atoms with van der Waals surface area (Å²) in [5.41, 5.74) is 9.58. The molecule has 0 spiro atoms. The van der Waals surface area contributed by atoms with E-state index in [4.69, 9.17) is 5.73 Å². The van der Waals surface area contributed by atoms with Crippen LogP contribution in [0, 0.1) is 7.43 Å². The molecule has 0 aliphatic heterocycles. The molecule has 1 aromatic rings. The van der Waals surface area contributed by atoms with Gasteiger partial charge in [-0.15, -0.1) is 6.04 Å². The molecule has 1 saturated carbocycles. The van der Waals surface area contributed by atoms with Crippen molar-refractivity contribution in [1.29, 1.82) is 0 Å². The van der Waals surface area contributed by atoms with Crippen molar-refractivity contribution in [2.75, 3.05) is 19.0 Å². The summed E-state index contributed by atoms with van der Waals surface area (Å²) in [6.07, 6.45) is 3.43. The summed E-state index contributed by atoms with van der Waals surface area (Å²) in [4.78, 5) is 1.90. The molecule has 5 nitrogen and oxygen atoms in total. The van der Waals surface area contributed by atoms with E-state index >= 15 is 0 Å². The van der Waals surface area contributed by atoms with Gasteiger partial charge in [0.15, 0.2) is 0 Å². The second-order valence-corrected chi connectivity index (χ2v) is 7.48. The summed E-state index contributed by atoms with van der Waals surface area (Å²) in [7, 11) is 4.81. The fourth-order valence-corrected chi connectivity index (χ4v) is 4.12. The van der Waals surface area contributed by atoms with E-state index in [1.54, 1.807) is 0 Å². The van der Waals surface area contributed by atoms with Gasteiger partial charge >= 0.3 is 27.0 Å². The molecule has 0 radical (unpaired) electrons. The van der Waals surface area contributed by atoms with Gasteiger partial charge in [0, 0.05) is 19.8 Å². The van der Waals surface area contributed by atoms with Crippen LogP contribution in [0.3, 0.4) is 0 Å². The molecule has 1 N–H and O–H groups in total. The number of anilines is 1. The third kappa shape index (κ3) is 7.36. The van der Waals surface area contributed by atoms with Gasteiger partial charge in [0.1, 0.15) is 0 Å². The maximum atomic E-state index is 12.3. The Morgan fingerprint density at radius 1 is 1.25 bits per heavy atom. The van der Waals surface area contributed by atoms with Crippen molar-refractivity contribution in [3.05, 3.63) is 47.7 Å². The van der Waals surface area contributed by atoms with Crippen molar-refractivity contribution >= 4 is 25.4 Å². The van der Waals surface area contributed by atoms with Gasteiger partial charge in [-0.2, -0.15) is 6.04 Å². The summed E-state index contributed by atoms with van der Waals surface area (Å²) < 4.78 is 28.7. The first-order valence-corrected chi connectivity index (χ1v) is 11.3. The molecular weight excluding hydrogens is 435 g/mol. The predicted molar refractivity (Wildman–Crippen MR) is 99.4 cm³/mol. The van der Waals surface area contributed by atoms with Crippen LogP contribution in [-0.4, -0.2) is 34.6 Å². The predicted octanol–water partition coefficient (Wildman–Crippen LogP) is 4.46. The van der Waals surface area contributed by atoms with E-state index < -0.39 is 10.0 Å². The zero-order chi connectivity index (χ0) is 17.5. The molecule has 0 amide bonds. The van der Waals surface area contributed by atoms with Crippen molar-refractivity contribution in [3.8, 4) is 0 Å². The average Bonchev–Trinajstić information content (AvgIpc) is 2.51. The van der Waals surface area contributed by atoms with E-state index in [2.05, 4.69) is 14.4 Å². The molecule has 2 rings (SSSR count). The van der Waals surface area contributed by atoms with Crippen LogP contribution in [0.1, 0.15) is 31.2 Å². The van der Waals surface area contributed by atoms with Crippen LogP contribution in [0.4, 0.5) is 5.69 Å². The van der Waals surface area contributed by atoms with Crippen molar-refractivity contribution < 1.29 is 25.7 Å². The molecule has 0 heterocycles. The summed E-state index contributed by atoms with van der Waals surface area (Å²) in [6, 6.07) is 6.71. The molecule has 2 unspecified atom stereocenters. The third-order valence-electron chi connectivity index (χ3n) is 3.84. The number of hydrogen-bond donors (Lipinski definition) is 0. The molecule has 1 fully saturated rings. The fourth-order valence-electron chi connectivity index (χ4n) is 2.75. The Hall–Kier alpha value is -0.197. The van der Waals surface area contributed by atoms with Crippen LogP contribution >= 0.6 is 9.69 Å². The van der Waals surface area contributed by atoms with Crippen molar-refractivity contribution in [3.63, 3.8) is 0 Å². The average molecular weight is 461 g/mol. The van der Waals surface area contributed by atoms with Crippen LogP contribution < -0.4 is 4.90 Å². The first kappa shape index (κ1) is 23.8. The number of nitrogens with zero attached hydrogens (tertiary/aromatic N) is 2. The molecule has 1 aliphatic rings. The van der Waals surface area contributed by atoms with Gasteiger partial charge in [-0.05, 0) is 11.6 Å². The molecule has 0 saturated heterocycles. The number of nitrogens with one attached hydrogen (secondary N) is 1. The third-order valence-corrected chi connectivity index (χ3v) is 5.10. The van der Waals surface area contributed by atoms with Gasteiger partial charge in [0.2, 0.25) is 0 Å². The summed E-state index contributed by atoms with van der Waals surface area (Å²) >= 11 is 1.82. The molecule has 2 atom stereocenters. The Balaban J connectivity index is 0.00000170. The van der Waals surface area contributed by atoms with E-state index in [9.17, 15) is 8.42 Å². The Labute approximate surface area is 161 Å². The topological polar surface area (TPSA) is 75.3 Å². The molecular formula is C16H26ClN3O2RuS. The fraction of sp³-hybridized carbons (Fsp3) is 0.562. The monoisotopic (exact) mass is 461 g/mol. The van der Waals surface area contributed by atoms with E-state index in [0.717, 1.165) is 30.5 Å². The number of benzene rings is 1. The maximum absolute atomic E-state index is 12.3. The summed E-state index contributed by atoms with van der Waals surface area (Å²) in [6.45, 7) is 0. The van der Waals surface area contributed by atoms with Crippen LogP contribution in [0.2, 0.25) is 0 Å². The molecule has 0 bridgehead atoms. The Morgan fingerprint density at radius 3 is 2.42 bits per heavy atom. The molecule has 0 aromatic heterocycles. The van der Waals surface area contributed by atoms with Gasteiger partial charge in [-0.25, -0.2) is 8.42 Å². The van der Waals surface area contributed by atoms with Crippen molar-refractivity contribution in [1.82, 2.24) is 0 Å². The molecule has 24 heavy (non-hydrogen) atoms. The number of para-hydroxylation sites is 1. The first-order chi connectivity index (χ1) is 10.9. The van der Waals surface area contributed by atoms with E-state index in [0.29, 0.717) is 6.42 Å². The normalized spacial score (nSPS) is 20.3. The molecule has 138 valence electrons. The second-order valence-electron chi connectivity index (χ2n) is 5.81. The quantitative estimate of drug-likeness (QED) is 0.481. The van der Waals surface area contributed by atoms with E-state index in [1.165, 1.54) is 0 Å². The number of rotatable bonds is 5. The van der Waals surface area contributed by atoms with Gasteiger partial charge in [-0.1, -0.05) is 43.9 Å². The van der Waals surface area contributed by atoms with Gasteiger partial charge in [-0.3, -0.25) is 0 Å². The van der Waals surface area contributed by atoms with Crippen molar-refractivity contribution in [2.24, 2.45) is 0 Å². The second kappa shape index (κ2) is 11.4. The number of hydrogen-bond acceptors (Lipinski definition) is 3. The van der Waals surface area contributed by atoms with Crippen LogP contribution in [0.25, 0.3) is 10.5 Å². The molecule has 1 aliphatic carbocycles. The van der Waals surface area contributed by atoms with Gasteiger partial charge in [0.25, 0.3) is 0 Å². The summed E-state index contributed by atoms with van der Waals surface area (Å²) in [5, 5.41) is 0. The van der Waals surface area contributed by atoms with Crippen LogP contribution in [-0.2, 0) is 33.1 Å². The SMILES string of the molecule is CN(C)c1ccccc1CS(=O)(=O)[N-]C1CCCCC1[NH-].[CH3-].[Cl][Ru+3]. The Bertz CT molecular complexity index is 584. The van der Waals surface area contributed by atoms with Crippen molar-refractivity contribution in [2.45, 2.75) is 43.5 Å². The van der Waals surface area contributed by atoms with E-state index in [-0.39, 0.29) is 25.3 Å². The van der Waals surface area contributed by atoms with Crippen LogP contribution in [0.5, 0.6) is 0 Å². The standard InChI is InChI=1S/C15H23N3O2S.CH3.ClH.Ru/c1-18(2)15-10-6-3-7-12(15)11-21(19,20)17-14-9-5-4-8-13(14)16;;;/h3,6-7,10,13-14,16H,4-5,8-9,11H2,1-2H3;1H3;1H;/q-2;-1;;+4/p-1. The van der Waals surface area contributed by atoms with Gasteiger partial charge < -0.3 is 22.8 Å². The summed E-state index contributed by atoms with van der Waals surface area (Å²) in [5.74, 6) is -0.0927. The zero-order valence-electron chi connectivity index (χ0n) is 14.4. The molecule has 8 heteroatoms. The Kier molecular flexibility index (Phi) is 11.3. The zero-order valence-corrected chi connectivity index (χ0v) is 17.7.